The summed E-state index contributed by atoms with van der Waals surface area (Å²) in [6.45, 7) is 2.65. The minimum Gasteiger partial charge on any atom is -0.367 e. The second-order valence-electron chi connectivity index (χ2n) is 7.34. The molecule has 0 unspecified atom stereocenters. The summed E-state index contributed by atoms with van der Waals surface area (Å²) >= 11 is 19.1. The number of thiocarbonyl (C=S) groups is 1. The smallest absolute Gasteiger partial charge is 0.264 e. The van der Waals surface area contributed by atoms with E-state index in [2.05, 4.69) is 15.5 Å². The van der Waals surface area contributed by atoms with Gasteiger partial charge in [0.25, 0.3) is 11.8 Å². The number of benzene rings is 2. The van der Waals surface area contributed by atoms with E-state index in [1.54, 1.807) is 30.3 Å². The topological polar surface area (TPSA) is 64.7 Å². The molecule has 33 heavy (non-hydrogen) atoms. The summed E-state index contributed by atoms with van der Waals surface area (Å²) in [5.41, 5.74) is 2.01. The van der Waals surface area contributed by atoms with Crippen LogP contribution in [-0.2, 0) is 0 Å². The molecule has 0 spiro atoms. The van der Waals surface area contributed by atoms with Crippen molar-refractivity contribution in [2.45, 2.75) is 0 Å². The summed E-state index contributed by atoms with van der Waals surface area (Å²) in [6.07, 6.45) is 0. The fourth-order valence-electron chi connectivity index (χ4n) is 3.49. The van der Waals surface area contributed by atoms with Gasteiger partial charge in [0, 0.05) is 42.5 Å². The minimum atomic E-state index is -0.332. The van der Waals surface area contributed by atoms with Crippen molar-refractivity contribution in [2.75, 3.05) is 36.4 Å². The van der Waals surface area contributed by atoms with Crippen LogP contribution in [0, 0.1) is 0 Å². The molecule has 0 radical (unpaired) electrons. The molecule has 2 N–H and O–H groups in total. The average molecular weight is 519 g/mol. The highest BCUT2D eigenvalue weighted by molar-refractivity contribution is 7.80. The molecule has 2 amide bonds. The SMILES string of the molecule is O=C(NC(=S)Nc1ccc(N2CCN(C(=O)c3cccs3)CC2)c(Cl)c1)c1ccc(Cl)cc1. The summed E-state index contributed by atoms with van der Waals surface area (Å²) in [6, 6.07) is 15.8. The van der Waals surface area contributed by atoms with Crippen molar-refractivity contribution in [3.05, 3.63) is 80.5 Å². The first kappa shape index (κ1) is 23.5. The van der Waals surface area contributed by atoms with Crippen LogP contribution >= 0.6 is 46.8 Å². The molecule has 2 heterocycles. The molecule has 3 aromatic rings. The van der Waals surface area contributed by atoms with Gasteiger partial charge in [-0.25, -0.2) is 0 Å². The predicted octanol–water partition coefficient (Wildman–Crippen LogP) is 5.14. The van der Waals surface area contributed by atoms with Crippen molar-refractivity contribution in [2.24, 2.45) is 0 Å². The lowest BCUT2D eigenvalue weighted by Crippen LogP contribution is -2.48. The molecule has 0 aliphatic carbocycles. The van der Waals surface area contributed by atoms with Crippen molar-refractivity contribution in [3.8, 4) is 0 Å². The van der Waals surface area contributed by atoms with Crippen LogP contribution < -0.4 is 15.5 Å². The monoisotopic (exact) mass is 518 g/mol. The van der Waals surface area contributed by atoms with E-state index in [9.17, 15) is 9.59 Å². The number of piperazine rings is 1. The molecule has 2 aromatic carbocycles. The molecule has 6 nitrogen and oxygen atoms in total. The van der Waals surface area contributed by atoms with Gasteiger partial charge in [0.05, 0.1) is 15.6 Å². The van der Waals surface area contributed by atoms with E-state index >= 15 is 0 Å². The van der Waals surface area contributed by atoms with Crippen molar-refractivity contribution < 1.29 is 9.59 Å². The standard InChI is InChI=1S/C23H20Cl2N4O2S2/c24-16-5-3-15(4-6-16)21(30)27-23(32)26-17-7-8-19(18(25)14-17)28-9-11-29(12-10-28)22(31)20-2-1-13-33-20/h1-8,13-14H,9-12H2,(H2,26,27,30,32). The zero-order valence-corrected chi connectivity index (χ0v) is 20.5. The fraction of sp³-hybridized carbons (Fsp3) is 0.174. The first-order valence-corrected chi connectivity index (χ1v) is 12.2. The molecular formula is C23H20Cl2N4O2S2. The molecular weight excluding hydrogens is 499 g/mol. The van der Waals surface area contributed by atoms with Crippen molar-refractivity contribution in [1.82, 2.24) is 10.2 Å². The highest BCUT2D eigenvalue weighted by Crippen LogP contribution is 2.30. The van der Waals surface area contributed by atoms with Gasteiger partial charge in [-0.1, -0.05) is 29.3 Å². The minimum absolute atomic E-state index is 0.0736. The summed E-state index contributed by atoms with van der Waals surface area (Å²) in [7, 11) is 0. The number of nitrogens with one attached hydrogen (secondary N) is 2. The number of hydrogen-bond donors (Lipinski definition) is 2. The van der Waals surface area contributed by atoms with Crippen molar-refractivity contribution in [1.29, 1.82) is 0 Å². The first-order valence-electron chi connectivity index (χ1n) is 10.2. The van der Waals surface area contributed by atoms with E-state index in [-0.39, 0.29) is 16.9 Å². The van der Waals surface area contributed by atoms with E-state index in [4.69, 9.17) is 35.4 Å². The third-order valence-corrected chi connectivity index (χ3v) is 6.80. The van der Waals surface area contributed by atoms with Gasteiger partial charge >= 0.3 is 0 Å². The molecule has 10 heteroatoms. The Morgan fingerprint density at radius 1 is 0.970 bits per heavy atom. The van der Waals surface area contributed by atoms with Gasteiger partial charge in [-0.2, -0.15) is 0 Å². The van der Waals surface area contributed by atoms with Crippen molar-refractivity contribution in [3.63, 3.8) is 0 Å². The van der Waals surface area contributed by atoms with Crippen LogP contribution in [0.2, 0.25) is 10.0 Å². The van der Waals surface area contributed by atoms with Gasteiger partial charge in [0.15, 0.2) is 5.11 Å². The van der Waals surface area contributed by atoms with Crippen LogP contribution in [0.1, 0.15) is 20.0 Å². The number of carbonyl (C=O) groups excluding carboxylic acids is 2. The maximum atomic E-state index is 12.5. The summed E-state index contributed by atoms with van der Waals surface area (Å²) in [5, 5.41) is 8.81. The van der Waals surface area contributed by atoms with Crippen molar-refractivity contribution >= 4 is 75.1 Å². The van der Waals surface area contributed by atoms with Gasteiger partial charge in [-0.05, 0) is 66.1 Å². The molecule has 0 saturated carbocycles. The second kappa shape index (κ2) is 10.5. The molecule has 1 aromatic heterocycles. The van der Waals surface area contributed by atoms with Gasteiger partial charge in [-0.3, -0.25) is 14.9 Å². The number of rotatable bonds is 4. The number of anilines is 2. The number of nitrogens with zero attached hydrogens (tertiary/aromatic N) is 2. The third-order valence-electron chi connectivity index (χ3n) is 5.18. The predicted molar refractivity (Wildman–Crippen MR) is 139 cm³/mol. The quantitative estimate of drug-likeness (QED) is 0.468. The number of halogens is 2. The Labute approximate surface area is 211 Å². The number of thiophene rings is 1. The molecule has 1 aliphatic heterocycles. The van der Waals surface area contributed by atoms with Crippen LogP contribution in [-0.4, -0.2) is 48.0 Å². The summed E-state index contributed by atoms with van der Waals surface area (Å²) < 4.78 is 0. The highest BCUT2D eigenvalue weighted by atomic mass is 35.5. The van der Waals surface area contributed by atoms with Crippen LogP contribution in [0.3, 0.4) is 0 Å². The summed E-state index contributed by atoms with van der Waals surface area (Å²) in [5.74, 6) is -0.258. The first-order chi connectivity index (χ1) is 15.9. The van der Waals surface area contributed by atoms with Gasteiger partial charge in [-0.15, -0.1) is 11.3 Å². The molecule has 1 saturated heterocycles. The Bertz CT molecular complexity index is 1160. The number of hydrogen-bond acceptors (Lipinski definition) is 5. The maximum absolute atomic E-state index is 12.5. The lowest BCUT2D eigenvalue weighted by atomic mass is 10.2. The Balaban J connectivity index is 1.32. The Morgan fingerprint density at radius 3 is 2.33 bits per heavy atom. The normalized spacial score (nSPS) is 13.5. The van der Waals surface area contributed by atoms with Gasteiger partial charge < -0.3 is 15.1 Å². The lowest BCUT2D eigenvalue weighted by molar-refractivity contribution is 0.0751. The van der Waals surface area contributed by atoms with E-state index in [0.29, 0.717) is 47.5 Å². The van der Waals surface area contributed by atoms with E-state index in [1.807, 2.05) is 34.5 Å². The molecule has 0 bridgehead atoms. The average Bonchev–Trinajstić information content (AvgIpc) is 3.34. The Hall–Kier alpha value is -2.65. The van der Waals surface area contributed by atoms with E-state index in [0.717, 1.165) is 10.6 Å². The van der Waals surface area contributed by atoms with E-state index in [1.165, 1.54) is 11.3 Å². The van der Waals surface area contributed by atoms with Crippen LogP contribution in [0.4, 0.5) is 11.4 Å². The van der Waals surface area contributed by atoms with Crippen LogP contribution in [0.15, 0.2) is 60.0 Å². The molecule has 1 aliphatic rings. The number of carbonyl (C=O) groups is 2. The Kier molecular flexibility index (Phi) is 7.49. The largest absolute Gasteiger partial charge is 0.367 e. The zero-order chi connectivity index (χ0) is 23.4. The zero-order valence-electron chi connectivity index (χ0n) is 17.4. The molecule has 1 fully saturated rings. The van der Waals surface area contributed by atoms with Crippen LogP contribution in [0.25, 0.3) is 0 Å². The van der Waals surface area contributed by atoms with Gasteiger partial charge in [0.2, 0.25) is 0 Å². The van der Waals surface area contributed by atoms with Crippen LogP contribution in [0.5, 0.6) is 0 Å². The fourth-order valence-corrected chi connectivity index (χ4v) is 4.81. The van der Waals surface area contributed by atoms with E-state index < -0.39 is 0 Å². The lowest BCUT2D eigenvalue weighted by Gasteiger charge is -2.36. The second-order valence-corrected chi connectivity index (χ2v) is 9.54. The molecule has 4 rings (SSSR count). The maximum Gasteiger partial charge on any atom is 0.264 e. The van der Waals surface area contributed by atoms with Gasteiger partial charge in [0.1, 0.15) is 0 Å². The summed E-state index contributed by atoms with van der Waals surface area (Å²) in [4.78, 5) is 29.6. The molecule has 170 valence electrons. The molecule has 0 atom stereocenters. The highest BCUT2D eigenvalue weighted by Gasteiger charge is 2.24. The Morgan fingerprint density at radius 2 is 1.70 bits per heavy atom. The third kappa shape index (κ3) is 5.83. The number of amides is 2.